The molecule has 6 heteroatoms. The molecule has 0 spiro atoms. The minimum atomic E-state index is -0.236. The number of hydrogen-bond acceptors (Lipinski definition) is 4. The lowest BCUT2D eigenvalue weighted by Crippen LogP contribution is -2.31. The van der Waals surface area contributed by atoms with Crippen LogP contribution in [-0.4, -0.2) is 11.7 Å². The average Bonchev–Trinajstić information content (AvgIpc) is 2.92. The van der Waals surface area contributed by atoms with Gasteiger partial charge in [0, 0.05) is 23.1 Å². The number of carbonyl (C=O) groups excluding carboxylic acids is 1. The van der Waals surface area contributed by atoms with Crippen molar-refractivity contribution in [2.24, 2.45) is 0 Å². The Bertz CT molecular complexity index is 876. The molecule has 124 valence electrons. The fraction of sp³-hybridized carbons (Fsp3) is 0.222. The van der Waals surface area contributed by atoms with Crippen LogP contribution in [-0.2, 0) is 4.79 Å². The molecular formula is C18H18N2O3S. The standard InChI is InChI=1S/C18H18N2O3S/c1-12-14-7-3-4-8-15(14)23-18(12)13(2)19-16(21)11-24-17-9-5-6-10-20(17)22/h3-10,13H,11H2,1-2H3,(H,19,21)/t13-/m0/s1. The molecule has 0 unspecified atom stereocenters. The molecule has 3 rings (SSSR count). The van der Waals surface area contributed by atoms with E-state index in [9.17, 15) is 10.0 Å². The quantitative estimate of drug-likeness (QED) is 0.439. The van der Waals surface area contributed by atoms with Crippen LogP contribution in [0.5, 0.6) is 0 Å². The summed E-state index contributed by atoms with van der Waals surface area (Å²) in [6.07, 6.45) is 1.42. The van der Waals surface area contributed by atoms with Crippen LogP contribution in [0.4, 0.5) is 0 Å². The highest BCUT2D eigenvalue weighted by molar-refractivity contribution is 7.99. The number of aromatic nitrogens is 1. The number of carbonyl (C=O) groups is 1. The largest absolute Gasteiger partial charge is 0.618 e. The summed E-state index contributed by atoms with van der Waals surface area (Å²) in [5, 5.41) is 16.0. The number of aryl methyl sites for hydroxylation is 1. The molecule has 0 aliphatic carbocycles. The summed E-state index contributed by atoms with van der Waals surface area (Å²) in [4.78, 5) is 12.2. The van der Waals surface area contributed by atoms with Crippen LogP contribution in [0, 0.1) is 12.1 Å². The maximum absolute atomic E-state index is 12.2. The summed E-state index contributed by atoms with van der Waals surface area (Å²) in [6, 6.07) is 12.7. The van der Waals surface area contributed by atoms with Gasteiger partial charge in [0.1, 0.15) is 11.3 Å². The first kappa shape index (κ1) is 16.4. The van der Waals surface area contributed by atoms with E-state index in [-0.39, 0.29) is 17.7 Å². The van der Waals surface area contributed by atoms with Gasteiger partial charge in [0.05, 0.1) is 11.8 Å². The zero-order chi connectivity index (χ0) is 17.1. The molecule has 0 bridgehead atoms. The van der Waals surface area contributed by atoms with Gasteiger partial charge in [0.15, 0.2) is 6.20 Å². The highest BCUT2D eigenvalue weighted by Crippen LogP contribution is 2.29. The number of thioether (sulfide) groups is 1. The molecule has 3 aromatic rings. The third-order valence-electron chi connectivity index (χ3n) is 3.79. The van der Waals surface area contributed by atoms with E-state index in [0.29, 0.717) is 5.03 Å². The summed E-state index contributed by atoms with van der Waals surface area (Å²) in [7, 11) is 0. The molecule has 0 aliphatic heterocycles. The molecule has 2 aromatic heterocycles. The average molecular weight is 342 g/mol. The lowest BCUT2D eigenvalue weighted by molar-refractivity contribution is -0.645. The van der Waals surface area contributed by atoms with Crippen molar-refractivity contribution >= 4 is 28.6 Å². The van der Waals surface area contributed by atoms with E-state index in [4.69, 9.17) is 4.42 Å². The lowest BCUT2D eigenvalue weighted by atomic mass is 10.1. The van der Waals surface area contributed by atoms with Crippen molar-refractivity contribution in [1.29, 1.82) is 0 Å². The molecule has 0 saturated carbocycles. The fourth-order valence-electron chi connectivity index (χ4n) is 2.62. The minimum Gasteiger partial charge on any atom is -0.618 e. The predicted molar refractivity (Wildman–Crippen MR) is 93.6 cm³/mol. The number of pyridine rings is 1. The van der Waals surface area contributed by atoms with Gasteiger partial charge >= 0.3 is 0 Å². The number of amides is 1. The Kier molecular flexibility index (Phi) is 4.76. The molecule has 0 aliphatic rings. The highest BCUT2D eigenvalue weighted by atomic mass is 32.2. The smallest absolute Gasteiger partial charge is 0.251 e. The third-order valence-corrected chi connectivity index (χ3v) is 4.81. The molecular weight excluding hydrogens is 324 g/mol. The SMILES string of the molecule is Cc1c([C@H](C)NC(=O)CSc2cccc[n+]2[O-])oc2ccccc12. The van der Waals surface area contributed by atoms with Crippen LogP contribution in [0.15, 0.2) is 58.1 Å². The number of nitrogens with zero attached hydrogens (tertiary/aromatic N) is 1. The first-order valence-corrected chi connectivity index (χ1v) is 8.63. The molecule has 2 heterocycles. The molecule has 5 nitrogen and oxygen atoms in total. The number of fused-ring (bicyclic) bond motifs is 1. The van der Waals surface area contributed by atoms with Gasteiger partial charge in [-0.3, -0.25) is 4.79 Å². The Balaban J connectivity index is 1.65. The Hall–Kier alpha value is -2.47. The van der Waals surface area contributed by atoms with Gasteiger partial charge in [-0.2, -0.15) is 4.73 Å². The third kappa shape index (κ3) is 3.38. The normalized spacial score (nSPS) is 12.2. The van der Waals surface area contributed by atoms with Crippen LogP contribution in [0.25, 0.3) is 11.0 Å². The second kappa shape index (κ2) is 6.97. The van der Waals surface area contributed by atoms with Crippen LogP contribution >= 0.6 is 11.8 Å². The number of nitrogens with one attached hydrogen (secondary N) is 1. The molecule has 0 fully saturated rings. The van der Waals surface area contributed by atoms with Crippen molar-refractivity contribution in [2.75, 3.05) is 5.75 Å². The molecule has 1 amide bonds. The molecule has 1 atom stereocenters. The van der Waals surface area contributed by atoms with Crippen LogP contribution in [0.2, 0.25) is 0 Å². The van der Waals surface area contributed by atoms with Gasteiger partial charge in [-0.1, -0.05) is 18.2 Å². The van der Waals surface area contributed by atoms with Gasteiger partial charge < -0.3 is 14.9 Å². The van der Waals surface area contributed by atoms with E-state index in [0.717, 1.165) is 27.0 Å². The first-order chi connectivity index (χ1) is 11.6. The topological polar surface area (TPSA) is 69.2 Å². The van der Waals surface area contributed by atoms with Crippen molar-refractivity contribution in [1.82, 2.24) is 5.32 Å². The summed E-state index contributed by atoms with van der Waals surface area (Å²) in [5.41, 5.74) is 1.85. The zero-order valence-electron chi connectivity index (χ0n) is 13.5. The van der Waals surface area contributed by atoms with Crippen molar-refractivity contribution in [3.05, 3.63) is 65.2 Å². The second-order valence-corrected chi connectivity index (χ2v) is 6.53. The zero-order valence-corrected chi connectivity index (χ0v) is 14.3. The van der Waals surface area contributed by atoms with Crippen LogP contribution in [0.3, 0.4) is 0 Å². The predicted octanol–water partition coefficient (Wildman–Crippen LogP) is 3.34. The van der Waals surface area contributed by atoms with Crippen molar-refractivity contribution in [2.45, 2.75) is 24.9 Å². The maximum Gasteiger partial charge on any atom is 0.251 e. The van der Waals surface area contributed by atoms with Gasteiger partial charge in [-0.15, -0.1) is 0 Å². The molecule has 1 N–H and O–H groups in total. The number of para-hydroxylation sites is 1. The summed E-state index contributed by atoms with van der Waals surface area (Å²) < 4.78 is 6.62. The monoisotopic (exact) mass is 342 g/mol. The lowest BCUT2D eigenvalue weighted by Gasteiger charge is -2.12. The second-order valence-electron chi connectivity index (χ2n) is 5.53. The Morgan fingerprint density at radius 3 is 2.79 bits per heavy atom. The molecule has 1 aromatic carbocycles. The van der Waals surface area contributed by atoms with Crippen LogP contribution < -0.4 is 10.0 Å². The highest BCUT2D eigenvalue weighted by Gasteiger charge is 2.18. The number of benzene rings is 1. The van der Waals surface area contributed by atoms with E-state index in [1.54, 1.807) is 18.2 Å². The molecule has 24 heavy (non-hydrogen) atoms. The minimum absolute atomic E-state index is 0.142. The molecule has 0 saturated heterocycles. The van der Waals surface area contributed by atoms with E-state index < -0.39 is 0 Å². The Morgan fingerprint density at radius 2 is 2.04 bits per heavy atom. The summed E-state index contributed by atoms with van der Waals surface area (Å²) in [5.74, 6) is 0.792. The number of hydrogen-bond donors (Lipinski definition) is 1. The first-order valence-electron chi connectivity index (χ1n) is 7.64. The van der Waals surface area contributed by atoms with Crippen molar-refractivity contribution in [3.63, 3.8) is 0 Å². The van der Waals surface area contributed by atoms with E-state index in [2.05, 4.69) is 5.32 Å². The van der Waals surface area contributed by atoms with Gasteiger partial charge in [0.2, 0.25) is 5.91 Å². The Morgan fingerprint density at radius 1 is 1.29 bits per heavy atom. The van der Waals surface area contributed by atoms with Gasteiger partial charge in [0.25, 0.3) is 5.03 Å². The van der Waals surface area contributed by atoms with Crippen LogP contribution in [0.1, 0.15) is 24.3 Å². The molecule has 0 radical (unpaired) electrons. The fourth-order valence-corrected chi connectivity index (χ4v) is 3.34. The number of rotatable bonds is 5. The van der Waals surface area contributed by atoms with Crippen molar-refractivity contribution < 1.29 is 13.9 Å². The maximum atomic E-state index is 12.2. The summed E-state index contributed by atoms with van der Waals surface area (Å²) in [6.45, 7) is 3.88. The van der Waals surface area contributed by atoms with E-state index in [1.807, 2.05) is 38.1 Å². The Labute approximate surface area is 144 Å². The van der Waals surface area contributed by atoms with E-state index in [1.165, 1.54) is 18.0 Å². The van der Waals surface area contributed by atoms with Gasteiger partial charge in [-0.05, 0) is 37.7 Å². The van der Waals surface area contributed by atoms with Crippen molar-refractivity contribution in [3.8, 4) is 0 Å². The van der Waals surface area contributed by atoms with Gasteiger partial charge in [-0.25, -0.2) is 0 Å². The number of furan rings is 1. The van der Waals surface area contributed by atoms with E-state index >= 15 is 0 Å². The summed E-state index contributed by atoms with van der Waals surface area (Å²) >= 11 is 1.21.